The minimum atomic E-state index is 0.594. The number of piperidine rings is 1. The minimum absolute atomic E-state index is 0.594. The second kappa shape index (κ2) is 7.58. The van der Waals surface area contributed by atoms with Crippen LogP contribution in [0.25, 0.3) is 0 Å². The zero-order chi connectivity index (χ0) is 14.4. The van der Waals surface area contributed by atoms with E-state index in [1.54, 1.807) is 0 Å². The number of anilines is 1. The average Bonchev–Trinajstić information content (AvgIpc) is 2.49. The van der Waals surface area contributed by atoms with E-state index in [-0.39, 0.29) is 0 Å². The summed E-state index contributed by atoms with van der Waals surface area (Å²) in [6.07, 6.45) is 9.34. The number of hydrogen-bond donors (Lipinski definition) is 1. The summed E-state index contributed by atoms with van der Waals surface area (Å²) in [6.45, 7) is 7.17. The van der Waals surface area contributed by atoms with E-state index >= 15 is 0 Å². The van der Waals surface area contributed by atoms with Crippen molar-refractivity contribution < 1.29 is 0 Å². The van der Waals surface area contributed by atoms with Gasteiger partial charge in [0.15, 0.2) is 0 Å². The predicted molar refractivity (Wildman–Crippen MR) is 84.0 cm³/mol. The fourth-order valence-electron chi connectivity index (χ4n) is 2.88. The first-order valence-electron chi connectivity index (χ1n) is 8.02. The molecule has 1 aromatic rings. The lowest BCUT2D eigenvalue weighted by Crippen LogP contribution is -2.39. The van der Waals surface area contributed by atoms with Gasteiger partial charge >= 0.3 is 0 Å². The van der Waals surface area contributed by atoms with Gasteiger partial charge in [-0.05, 0) is 50.6 Å². The highest BCUT2D eigenvalue weighted by Crippen LogP contribution is 2.20. The molecular weight excluding hydrogens is 248 g/mol. The first kappa shape index (κ1) is 15.2. The predicted octanol–water partition coefficient (Wildman–Crippen LogP) is 2.69. The molecule has 2 rings (SSSR count). The maximum atomic E-state index is 5.80. The Morgan fingerprint density at radius 3 is 2.95 bits per heavy atom. The Morgan fingerprint density at radius 2 is 2.25 bits per heavy atom. The van der Waals surface area contributed by atoms with E-state index in [1.165, 1.54) is 37.7 Å². The zero-order valence-corrected chi connectivity index (χ0v) is 12.9. The Bertz CT molecular complexity index is 419. The van der Waals surface area contributed by atoms with Gasteiger partial charge in [0, 0.05) is 25.0 Å². The molecule has 1 saturated heterocycles. The Hall–Kier alpha value is -1.16. The molecule has 1 unspecified atom stereocenters. The molecule has 0 radical (unpaired) electrons. The fraction of sp³-hybridized carbons (Fsp3) is 0.750. The van der Waals surface area contributed by atoms with Crippen molar-refractivity contribution in [2.24, 2.45) is 11.7 Å². The molecule has 1 atom stereocenters. The van der Waals surface area contributed by atoms with E-state index in [1.807, 2.05) is 6.20 Å². The molecule has 4 nitrogen and oxygen atoms in total. The monoisotopic (exact) mass is 276 g/mol. The van der Waals surface area contributed by atoms with Gasteiger partial charge in [-0.2, -0.15) is 0 Å². The highest BCUT2D eigenvalue weighted by atomic mass is 15.3. The highest BCUT2D eigenvalue weighted by molar-refractivity contribution is 5.33. The van der Waals surface area contributed by atoms with E-state index < -0.39 is 0 Å². The first-order valence-corrected chi connectivity index (χ1v) is 8.02. The molecule has 2 N–H and O–H groups in total. The summed E-state index contributed by atoms with van der Waals surface area (Å²) in [5.41, 5.74) is 8.24. The maximum absolute atomic E-state index is 5.80. The standard InChI is InChI=1S/C16H28N4/c1-3-4-5-8-15-11-18-16(19-13(15)2)20-9-6-7-14(10-17)12-20/h11,14H,3-10,12,17H2,1-2H3. The lowest BCUT2D eigenvalue weighted by molar-refractivity contribution is 0.419. The van der Waals surface area contributed by atoms with Crippen LogP contribution in [0.2, 0.25) is 0 Å². The van der Waals surface area contributed by atoms with Gasteiger partial charge in [-0.25, -0.2) is 9.97 Å². The van der Waals surface area contributed by atoms with Crippen LogP contribution in [-0.2, 0) is 6.42 Å². The van der Waals surface area contributed by atoms with Crippen molar-refractivity contribution in [3.8, 4) is 0 Å². The molecule has 0 saturated carbocycles. The van der Waals surface area contributed by atoms with Crippen molar-refractivity contribution in [2.45, 2.75) is 52.4 Å². The maximum Gasteiger partial charge on any atom is 0.225 e. The van der Waals surface area contributed by atoms with Crippen LogP contribution in [0.4, 0.5) is 5.95 Å². The van der Waals surface area contributed by atoms with Crippen molar-refractivity contribution >= 4 is 5.95 Å². The van der Waals surface area contributed by atoms with Crippen LogP contribution in [0.3, 0.4) is 0 Å². The van der Waals surface area contributed by atoms with Gasteiger partial charge in [-0.1, -0.05) is 19.8 Å². The smallest absolute Gasteiger partial charge is 0.225 e. The van der Waals surface area contributed by atoms with Crippen LogP contribution >= 0.6 is 0 Å². The van der Waals surface area contributed by atoms with Crippen LogP contribution in [0.1, 0.15) is 50.3 Å². The molecule has 112 valence electrons. The SMILES string of the molecule is CCCCCc1cnc(N2CCCC(CN)C2)nc1C. The largest absolute Gasteiger partial charge is 0.340 e. The number of nitrogens with zero attached hydrogens (tertiary/aromatic N) is 3. The summed E-state index contributed by atoms with van der Waals surface area (Å²) in [7, 11) is 0. The number of aromatic nitrogens is 2. The topological polar surface area (TPSA) is 55.0 Å². The first-order chi connectivity index (χ1) is 9.74. The number of rotatable bonds is 6. The summed E-state index contributed by atoms with van der Waals surface area (Å²) in [6, 6.07) is 0. The number of hydrogen-bond acceptors (Lipinski definition) is 4. The molecule has 0 aromatic carbocycles. The third-order valence-corrected chi connectivity index (χ3v) is 4.25. The van der Waals surface area contributed by atoms with Crippen molar-refractivity contribution in [3.63, 3.8) is 0 Å². The summed E-state index contributed by atoms with van der Waals surface area (Å²) in [4.78, 5) is 11.6. The Kier molecular flexibility index (Phi) is 5.77. The van der Waals surface area contributed by atoms with Crippen molar-refractivity contribution in [1.82, 2.24) is 9.97 Å². The van der Waals surface area contributed by atoms with E-state index in [0.29, 0.717) is 5.92 Å². The van der Waals surface area contributed by atoms with Crippen LogP contribution in [0, 0.1) is 12.8 Å². The summed E-state index contributed by atoms with van der Waals surface area (Å²) in [5, 5.41) is 0. The van der Waals surface area contributed by atoms with Gasteiger partial charge in [0.05, 0.1) is 0 Å². The third kappa shape index (κ3) is 3.92. The van der Waals surface area contributed by atoms with Crippen molar-refractivity contribution in [3.05, 3.63) is 17.5 Å². The van der Waals surface area contributed by atoms with E-state index in [4.69, 9.17) is 10.7 Å². The number of aryl methyl sites for hydroxylation is 2. The summed E-state index contributed by atoms with van der Waals surface area (Å²) < 4.78 is 0. The normalized spacial score (nSPS) is 19.4. The highest BCUT2D eigenvalue weighted by Gasteiger charge is 2.21. The molecule has 1 aromatic heterocycles. The van der Waals surface area contributed by atoms with Crippen LogP contribution in [0.5, 0.6) is 0 Å². The van der Waals surface area contributed by atoms with Gasteiger partial charge in [0.2, 0.25) is 5.95 Å². The number of nitrogens with two attached hydrogens (primary N) is 1. The second-order valence-electron chi connectivity index (χ2n) is 5.93. The molecule has 0 bridgehead atoms. The molecule has 1 fully saturated rings. The van der Waals surface area contributed by atoms with Gasteiger partial charge < -0.3 is 10.6 Å². The van der Waals surface area contributed by atoms with Gasteiger partial charge in [-0.3, -0.25) is 0 Å². The molecule has 20 heavy (non-hydrogen) atoms. The van der Waals surface area contributed by atoms with Gasteiger partial charge in [0.25, 0.3) is 0 Å². The number of unbranched alkanes of at least 4 members (excludes halogenated alkanes) is 2. The van der Waals surface area contributed by atoms with E-state index in [9.17, 15) is 0 Å². The third-order valence-electron chi connectivity index (χ3n) is 4.25. The van der Waals surface area contributed by atoms with Crippen LogP contribution in [0.15, 0.2) is 6.20 Å². The molecule has 0 spiro atoms. The fourth-order valence-corrected chi connectivity index (χ4v) is 2.88. The van der Waals surface area contributed by atoms with Crippen molar-refractivity contribution in [2.75, 3.05) is 24.5 Å². The van der Waals surface area contributed by atoms with Crippen LogP contribution in [-0.4, -0.2) is 29.6 Å². The van der Waals surface area contributed by atoms with Gasteiger partial charge in [0.1, 0.15) is 0 Å². The Labute approximate surface area is 122 Å². The average molecular weight is 276 g/mol. The quantitative estimate of drug-likeness (QED) is 0.812. The molecular formula is C16H28N4. The molecule has 2 heterocycles. The molecule has 1 aliphatic heterocycles. The lowest BCUT2D eigenvalue weighted by atomic mass is 9.99. The van der Waals surface area contributed by atoms with Crippen molar-refractivity contribution in [1.29, 1.82) is 0 Å². The second-order valence-corrected chi connectivity index (χ2v) is 5.93. The molecule has 4 heteroatoms. The Morgan fingerprint density at radius 1 is 1.40 bits per heavy atom. The Balaban J connectivity index is 2.00. The molecule has 0 amide bonds. The van der Waals surface area contributed by atoms with E-state index in [0.717, 1.165) is 37.7 Å². The summed E-state index contributed by atoms with van der Waals surface area (Å²) >= 11 is 0. The van der Waals surface area contributed by atoms with E-state index in [2.05, 4.69) is 23.7 Å². The lowest BCUT2D eigenvalue weighted by Gasteiger charge is -2.32. The van der Waals surface area contributed by atoms with Gasteiger partial charge in [-0.15, -0.1) is 0 Å². The molecule has 1 aliphatic rings. The minimum Gasteiger partial charge on any atom is -0.340 e. The summed E-state index contributed by atoms with van der Waals surface area (Å²) in [5.74, 6) is 1.48. The zero-order valence-electron chi connectivity index (χ0n) is 12.9. The molecule has 0 aliphatic carbocycles. The van der Waals surface area contributed by atoms with Crippen LogP contribution < -0.4 is 10.6 Å².